The van der Waals surface area contributed by atoms with E-state index in [4.69, 9.17) is 5.73 Å². The molecule has 0 heterocycles. The van der Waals surface area contributed by atoms with Gasteiger partial charge in [-0.2, -0.15) is 0 Å². The van der Waals surface area contributed by atoms with Crippen LogP contribution in [0.5, 0.6) is 0 Å². The number of hydrogen-bond acceptors (Lipinski definition) is 1. The maximum absolute atomic E-state index is 5.39. The molecule has 1 heteroatoms. The van der Waals surface area contributed by atoms with Crippen molar-refractivity contribution in [1.82, 2.24) is 0 Å². The molecular formula is C8H13N. The predicted molar refractivity (Wildman–Crippen MR) is 40.1 cm³/mol. The van der Waals surface area contributed by atoms with Crippen LogP contribution in [0.25, 0.3) is 0 Å². The van der Waals surface area contributed by atoms with Crippen molar-refractivity contribution in [1.29, 1.82) is 0 Å². The first-order chi connectivity index (χ1) is 4.43. The highest BCUT2D eigenvalue weighted by molar-refractivity contribution is 5.14. The summed E-state index contributed by atoms with van der Waals surface area (Å²) in [4.78, 5) is 0. The van der Waals surface area contributed by atoms with Gasteiger partial charge in [-0.15, -0.1) is 0 Å². The molecule has 0 aliphatic heterocycles. The summed E-state index contributed by atoms with van der Waals surface area (Å²) in [5.74, 6) is 0. The Balaban J connectivity index is 2.32. The molecule has 0 bridgehead atoms. The largest absolute Gasteiger partial charge is 0.330 e. The van der Waals surface area contributed by atoms with E-state index in [0.717, 1.165) is 25.8 Å². The lowest BCUT2D eigenvalue weighted by atomic mass is 10.0. The van der Waals surface area contributed by atoms with Gasteiger partial charge in [0, 0.05) is 0 Å². The van der Waals surface area contributed by atoms with Crippen molar-refractivity contribution < 1.29 is 0 Å². The summed E-state index contributed by atoms with van der Waals surface area (Å²) in [6.07, 6.45) is 9.98. The Kier molecular flexibility index (Phi) is 2.52. The molecule has 1 rings (SSSR count). The van der Waals surface area contributed by atoms with Crippen LogP contribution in [0.15, 0.2) is 23.8 Å². The Morgan fingerprint density at radius 2 is 2.33 bits per heavy atom. The van der Waals surface area contributed by atoms with Crippen LogP contribution in [0, 0.1) is 0 Å². The third kappa shape index (κ3) is 2.02. The van der Waals surface area contributed by atoms with Crippen LogP contribution >= 0.6 is 0 Å². The molecule has 0 radical (unpaired) electrons. The summed E-state index contributed by atoms with van der Waals surface area (Å²) in [5, 5.41) is 0. The Hall–Kier alpha value is -0.560. The molecule has 2 N–H and O–H groups in total. The molecule has 0 amide bonds. The van der Waals surface area contributed by atoms with E-state index in [2.05, 4.69) is 18.2 Å². The molecule has 0 aromatic rings. The molecule has 1 nitrogen and oxygen atoms in total. The minimum Gasteiger partial charge on any atom is -0.330 e. The molecule has 1 aliphatic carbocycles. The van der Waals surface area contributed by atoms with Gasteiger partial charge in [-0.3, -0.25) is 0 Å². The summed E-state index contributed by atoms with van der Waals surface area (Å²) in [7, 11) is 0. The van der Waals surface area contributed by atoms with Crippen molar-refractivity contribution in [3.05, 3.63) is 23.8 Å². The monoisotopic (exact) mass is 123 g/mol. The summed E-state index contributed by atoms with van der Waals surface area (Å²) >= 11 is 0. The zero-order valence-electron chi connectivity index (χ0n) is 5.64. The first-order valence-corrected chi connectivity index (χ1v) is 3.46. The van der Waals surface area contributed by atoms with E-state index < -0.39 is 0 Å². The van der Waals surface area contributed by atoms with Crippen molar-refractivity contribution in [3.63, 3.8) is 0 Å². The van der Waals surface area contributed by atoms with E-state index in [1.807, 2.05) is 0 Å². The van der Waals surface area contributed by atoms with Gasteiger partial charge in [0.05, 0.1) is 0 Å². The van der Waals surface area contributed by atoms with Crippen molar-refractivity contribution >= 4 is 0 Å². The topological polar surface area (TPSA) is 26.0 Å². The van der Waals surface area contributed by atoms with Gasteiger partial charge < -0.3 is 5.73 Å². The molecule has 50 valence electrons. The fourth-order valence-corrected chi connectivity index (χ4v) is 1.04. The molecule has 0 aromatic heterocycles. The quantitative estimate of drug-likeness (QED) is 0.555. The first-order valence-electron chi connectivity index (χ1n) is 3.46. The molecule has 9 heavy (non-hydrogen) atoms. The zero-order chi connectivity index (χ0) is 6.53. The van der Waals surface area contributed by atoms with Crippen LogP contribution in [-0.4, -0.2) is 6.54 Å². The molecule has 0 fully saturated rings. The molecule has 1 aliphatic rings. The maximum Gasteiger partial charge on any atom is -0.00398 e. The normalized spacial score (nSPS) is 17.7. The second kappa shape index (κ2) is 3.46. The fraction of sp³-hybridized carbons (Fsp3) is 0.500. The Morgan fingerprint density at radius 1 is 1.44 bits per heavy atom. The number of hydrogen-bond donors (Lipinski definition) is 1. The third-order valence-corrected chi connectivity index (χ3v) is 1.55. The van der Waals surface area contributed by atoms with E-state index in [-0.39, 0.29) is 0 Å². The van der Waals surface area contributed by atoms with Crippen molar-refractivity contribution in [2.75, 3.05) is 6.54 Å². The SMILES string of the molecule is NCCC1=CCC=CC1. The number of nitrogens with two attached hydrogens (primary N) is 1. The lowest BCUT2D eigenvalue weighted by Crippen LogP contribution is -2.00. The fourth-order valence-electron chi connectivity index (χ4n) is 1.04. The molecule has 0 atom stereocenters. The Morgan fingerprint density at radius 3 is 2.89 bits per heavy atom. The number of allylic oxidation sites excluding steroid dienone is 3. The average Bonchev–Trinajstić information content (AvgIpc) is 1.91. The predicted octanol–water partition coefficient (Wildman–Crippen LogP) is 1.61. The lowest BCUT2D eigenvalue weighted by molar-refractivity contribution is 0.902. The number of rotatable bonds is 2. The van der Waals surface area contributed by atoms with Crippen LogP contribution in [0.1, 0.15) is 19.3 Å². The van der Waals surface area contributed by atoms with Crippen LogP contribution in [0.4, 0.5) is 0 Å². The molecule has 0 saturated heterocycles. The van der Waals surface area contributed by atoms with Gasteiger partial charge >= 0.3 is 0 Å². The second-order valence-corrected chi connectivity index (χ2v) is 2.31. The van der Waals surface area contributed by atoms with Gasteiger partial charge in [0.25, 0.3) is 0 Å². The van der Waals surface area contributed by atoms with Crippen molar-refractivity contribution in [3.8, 4) is 0 Å². The van der Waals surface area contributed by atoms with Gasteiger partial charge in [-0.05, 0) is 25.8 Å². The zero-order valence-corrected chi connectivity index (χ0v) is 5.64. The van der Waals surface area contributed by atoms with Crippen LogP contribution < -0.4 is 5.73 Å². The highest BCUT2D eigenvalue weighted by atomic mass is 14.5. The van der Waals surface area contributed by atoms with Crippen molar-refractivity contribution in [2.45, 2.75) is 19.3 Å². The van der Waals surface area contributed by atoms with Crippen LogP contribution in [-0.2, 0) is 0 Å². The summed E-state index contributed by atoms with van der Waals surface area (Å²) in [5.41, 5.74) is 6.89. The smallest absolute Gasteiger partial charge is 0.00398 e. The average molecular weight is 123 g/mol. The summed E-state index contributed by atoms with van der Waals surface area (Å²) in [6.45, 7) is 0.791. The Labute approximate surface area is 56.2 Å². The molecular weight excluding hydrogens is 110 g/mol. The van der Waals surface area contributed by atoms with E-state index in [9.17, 15) is 0 Å². The second-order valence-electron chi connectivity index (χ2n) is 2.31. The molecule has 0 unspecified atom stereocenters. The van der Waals surface area contributed by atoms with Gasteiger partial charge in [0.15, 0.2) is 0 Å². The summed E-state index contributed by atoms with van der Waals surface area (Å²) < 4.78 is 0. The van der Waals surface area contributed by atoms with Crippen LogP contribution in [0.3, 0.4) is 0 Å². The first kappa shape index (κ1) is 6.56. The highest BCUT2D eigenvalue weighted by Gasteiger charge is 1.95. The molecule has 0 saturated carbocycles. The molecule has 0 aromatic carbocycles. The van der Waals surface area contributed by atoms with Gasteiger partial charge in [-0.1, -0.05) is 23.8 Å². The van der Waals surface area contributed by atoms with E-state index in [1.165, 1.54) is 5.57 Å². The van der Waals surface area contributed by atoms with Crippen molar-refractivity contribution in [2.24, 2.45) is 5.73 Å². The minimum absolute atomic E-state index is 0.791. The van der Waals surface area contributed by atoms with E-state index >= 15 is 0 Å². The van der Waals surface area contributed by atoms with Gasteiger partial charge in [0.1, 0.15) is 0 Å². The standard InChI is InChI=1S/C8H13N/c9-7-6-8-4-2-1-3-5-8/h1-2,5H,3-4,6-7,9H2. The van der Waals surface area contributed by atoms with Crippen LogP contribution in [0.2, 0.25) is 0 Å². The van der Waals surface area contributed by atoms with E-state index in [1.54, 1.807) is 0 Å². The summed E-state index contributed by atoms with van der Waals surface area (Å²) in [6, 6.07) is 0. The van der Waals surface area contributed by atoms with E-state index in [0.29, 0.717) is 0 Å². The lowest BCUT2D eigenvalue weighted by Gasteiger charge is -2.04. The van der Waals surface area contributed by atoms with Gasteiger partial charge in [-0.25, -0.2) is 0 Å². The molecule has 0 spiro atoms. The maximum atomic E-state index is 5.39. The minimum atomic E-state index is 0.791. The third-order valence-electron chi connectivity index (χ3n) is 1.55. The Bertz CT molecular complexity index is 134. The highest BCUT2D eigenvalue weighted by Crippen LogP contribution is 2.12. The van der Waals surface area contributed by atoms with Gasteiger partial charge in [0.2, 0.25) is 0 Å².